The number of carbonyl (C=O) groups is 1. The third kappa shape index (κ3) is 8.31. The van der Waals surface area contributed by atoms with Crippen molar-refractivity contribution in [3.05, 3.63) is 125 Å². The zero-order chi connectivity index (χ0) is 30.9. The van der Waals surface area contributed by atoms with Crippen molar-refractivity contribution in [1.29, 1.82) is 0 Å². The fourth-order valence-electron chi connectivity index (χ4n) is 5.40. The molecule has 43 heavy (non-hydrogen) atoms. The number of anilines is 3. The van der Waals surface area contributed by atoms with E-state index in [1.807, 2.05) is 62.6 Å². The van der Waals surface area contributed by atoms with E-state index in [-0.39, 0.29) is 36.2 Å². The van der Waals surface area contributed by atoms with Gasteiger partial charge in [0.25, 0.3) is 0 Å². The summed E-state index contributed by atoms with van der Waals surface area (Å²) in [4.78, 5) is 16.3. The molecule has 0 aromatic heterocycles. The van der Waals surface area contributed by atoms with Crippen LogP contribution in [0.5, 0.6) is 0 Å². The Kier molecular flexibility index (Phi) is 11.1. The van der Waals surface area contributed by atoms with Crippen LogP contribution in [0.15, 0.2) is 103 Å². The molecule has 1 amide bonds. The van der Waals surface area contributed by atoms with Crippen LogP contribution in [0.2, 0.25) is 0 Å². The molecule has 0 radical (unpaired) electrons. The summed E-state index contributed by atoms with van der Waals surface area (Å²) in [5.74, 6) is 0.347. The van der Waals surface area contributed by atoms with Crippen molar-refractivity contribution in [1.82, 2.24) is 5.32 Å². The molecule has 0 bridgehead atoms. The summed E-state index contributed by atoms with van der Waals surface area (Å²) in [6.45, 7) is 8.73. The van der Waals surface area contributed by atoms with Gasteiger partial charge in [0.2, 0.25) is 5.91 Å². The Morgan fingerprint density at radius 1 is 0.698 bits per heavy atom. The number of hydrogen-bond acceptors (Lipinski definition) is 4. The third-order valence-electron chi connectivity index (χ3n) is 7.70. The highest BCUT2D eigenvalue weighted by atomic mass is 32.1. The van der Waals surface area contributed by atoms with Gasteiger partial charge in [0, 0.05) is 37.1 Å². The molecule has 0 spiro atoms. The molecule has 4 aromatic carbocycles. The van der Waals surface area contributed by atoms with Crippen molar-refractivity contribution in [2.45, 2.75) is 51.5 Å². The quantitative estimate of drug-likeness (QED) is 0.145. The summed E-state index contributed by atoms with van der Waals surface area (Å²) in [5.41, 5.74) is 7.44. The van der Waals surface area contributed by atoms with Gasteiger partial charge in [0.15, 0.2) is 0 Å². The van der Waals surface area contributed by atoms with Gasteiger partial charge >= 0.3 is 0 Å². The van der Waals surface area contributed by atoms with Gasteiger partial charge in [0.1, 0.15) is 0 Å². The second kappa shape index (κ2) is 14.9. The van der Waals surface area contributed by atoms with Gasteiger partial charge in [-0.15, -0.1) is 0 Å². The van der Waals surface area contributed by atoms with Gasteiger partial charge in [-0.05, 0) is 58.4 Å². The van der Waals surface area contributed by atoms with Gasteiger partial charge in [-0.1, -0.05) is 119 Å². The highest BCUT2D eigenvalue weighted by Crippen LogP contribution is 2.33. The number of para-hydroxylation sites is 1. The summed E-state index contributed by atoms with van der Waals surface area (Å²) in [6.07, 6.45) is 0. The molecule has 1 atom stereocenters. The van der Waals surface area contributed by atoms with Crippen molar-refractivity contribution >= 4 is 40.2 Å². The molecule has 0 aliphatic rings. The average Bonchev–Trinajstić information content (AvgIpc) is 3.00. The number of carbonyl (C=O) groups excluding carboxylic acids is 1. The number of nitrogens with zero attached hydrogens (tertiary/aromatic N) is 1. The van der Waals surface area contributed by atoms with Gasteiger partial charge < -0.3 is 15.5 Å². The van der Waals surface area contributed by atoms with Crippen LogP contribution in [0.4, 0.5) is 17.1 Å². The van der Waals surface area contributed by atoms with Crippen LogP contribution in [0, 0.1) is 0 Å². The lowest BCUT2D eigenvalue weighted by molar-refractivity contribution is -0.115. The summed E-state index contributed by atoms with van der Waals surface area (Å²) >= 11 is 6.09. The summed E-state index contributed by atoms with van der Waals surface area (Å²) in [5, 5.41) is 10.3. The Balaban J connectivity index is 1.65. The van der Waals surface area contributed by atoms with E-state index in [0.29, 0.717) is 4.99 Å². The molecule has 3 N–H and O–H groups in total. The molecule has 6 heteroatoms. The fraction of sp³-hybridized carbons (Fsp3) is 0.297. The second-order valence-corrected chi connectivity index (χ2v) is 12.2. The normalized spacial score (nSPS) is 11.9. The first-order valence-corrected chi connectivity index (χ1v) is 15.4. The van der Waals surface area contributed by atoms with Crippen LogP contribution in [0.1, 0.15) is 67.7 Å². The van der Waals surface area contributed by atoms with E-state index in [0.717, 1.165) is 39.3 Å². The molecule has 1 unspecified atom stereocenters. The summed E-state index contributed by atoms with van der Waals surface area (Å²) < 4.78 is 0. The topological polar surface area (TPSA) is 56.4 Å². The lowest BCUT2D eigenvalue weighted by atomic mass is 9.84. The van der Waals surface area contributed by atoms with E-state index in [9.17, 15) is 4.79 Å². The number of benzene rings is 4. The maximum atomic E-state index is 13.6. The number of thiocarbonyl (C=S) groups is 1. The fourth-order valence-corrected chi connectivity index (χ4v) is 5.74. The maximum Gasteiger partial charge on any atom is 0.238 e. The SMILES string of the molecule is CC(C)c1cccc(C(C)C)c1NC(=O)CNC(C(=S)Nc1ccc(N(C)C)cc1)C(c1ccccc1)c1ccccc1. The summed E-state index contributed by atoms with van der Waals surface area (Å²) in [7, 11) is 4.04. The average molecular weight is 593 g/mol. The van der Waals surface area contributed by atoms with Crippen LogP contribution in [-0.4, -0.2) is 37.6 Å². The molecule has 224 valence electrons. The van der Waals surface area contributed by atoms with Gasteiger partial charge in [-0.2, -0.15) is 0 Å². The van der Waals surface area contributed by atoms with Crippen molar-refractivity contribution in [2.75, 3.05) is 36.2 Å². The largest absolute Gasteiger partial charge is 0.378 e. The standard InChI is InChI=1S/C37H44N4OS/c1-25(2)31-18-13-19-32(26(3)4)35(31)40-33(42)24-38-36(37(43)39-29-20-22-30(23-21-29)41(5)6)34(27-14-9-7-10-15-27)28-16-11-8-12-17-28/h7-23,25-26,34,36,38H,24H2,1-6H3,(H,39,43)(H,40,42). The Labute approximate surface area is 262 Å². The van der Waals surface area contributed by atoms with Crippen LogP contribution >= 0.6 is 12.2 Å². The molecule has 0 aliphatic heterocycles. The molecule has 0 fully saturated rings. The predicted octanol–water partition coefficient (Wildman–Crippen LogP) is 8.17. The van der Waals surface area contributed by atoms with E-state index in [1.165, 1.54) is 0 Å². The molecule has 5 nitrogen and oxygen atoms in total. The lowest BCUT2D eigenvalue weighted by Gasteiger charge is -2.30. The van der Waals surface area contributed by atoms with Crippen molar-refractivity contribution in [2.24, 2.45) is 0 Å². The van der Waals surface area contributed by atoms with Crippen LogP contribution < -0.4 is 20.9 Å². The van der Waals surface area contributed by atoms with Crippen LogP contribution in [-0.2, 0) is 4.79 Å². The third-order valence-corrected chi connectivity index (χ3v) is 8.06. The molecule has 0 saturated carbocycles. The molecule has 0 aliphatic carbocycles. The smallest absolute Gasteiger partial charge is 0.238 e. The predicted molar refractivity (Wildman–Crippen MR) is 187 cm³/mol. The minimum Gasteiger partial charge on any atom is -0.378 e. The zero-order valence-corrected chi connectivity index (χ0v) is 26.9. The Bertz CT molecular complexity index is 1420. The molecule has 0 saturated heterocycles. The Morgan fingerprint density at radius 3 is 1.67 bits per heavy atom. The van der Waals surface area contributed by atoms with Gasteiger partial charge in [-0.3, -0.25) is 10.1 Å². The number of nitrogens with one attached hydrogen (secondary N) is 3. The number of hydrogen-bond donors (Lipinski definition) is 3. The molecular weight excluding hydrogens is 549 g/mol. The van der Waals surface area contributed by atoms with Crippen LogP contribution in [0.3, 0.4) is 0 Å². The number of rotatable bonds is 12. The van der Waals surface area contributed by atoms with Crippen LogP contribution in [0.25, 0.3) is 0 Å². The van der Waals surface area contributed by atoms with Gasteiger partial charge in [-0.25, -0.2) is 0 Å². The minimum absolute atomic E-state index is 0.0991. The lowest BCUT2D eigenvalue weighted by Crippen LogP contribution is -2.47. The van der Waals surface area contributed by atoms with E-state index < -0.39 is 0 Å². The van der Waals surface area contributed by atoms with E-state index in [1.54, 1.807) is 0 Å². The molecular formula is C37H44N4OS. The second-order valence-electron chi connectivity index (χ2n) is 11.8. The van der Waals surface area contributed by atoms with Crippen molar-refractivity contribution < 1.29 is 4.79 Å². The molecule has 0 heterocycles. The number of amides is 1. The Hall–Kier alpha value is -4.00. The van der Waals surface area contributed by atoms with Gasteiger partial charge in [0.05, 0.1) is 17.6 Å². The molecule has 4 aromatic rings. The Morgan fingerprint density at radius 2 is 1.21 bits per heavy atom. The van der Waals surface area contributed by atoms with E-state index >= 15 is 0 Å². The maximum absolute atomic E-state index is 13.6. The monoisotopic (exact) mass is 592 g/mol. The van der Waals surface area contributed by atoms with Crippen molar-refractivity contribution in [3.63, 3.8) is 0 Å². The summed E-state index contributed by atoms with van der Waals surface area (Å²) in [6, 6.07) is 34.8. The minimum atomic E-state index is -0.357. The molecule has 4 rings (SSSR count). The first-order valence-electron chi connectivity index (χ1n) is 15.0. The first-order chi connectivity index (χ1) is 20.7. The van der Waals surface area contributed by atoms with E-state index in [2.05, 4.69) is 103 Å². The zero-order valence-electron chi connectivity index (χ0n) is 26.1. The van der Waals surface area contributed by atoms with E-state index in [4.69, 9.17) is 12.2 Å². The first kappa shape index (κ1) is 31.9. The highest BCUT2D eigenvalue weighted by Gasteiger charge is 2.29. The van der Waals surface area contributed by atoms with Crippen molar-refractivity contribution in [3.8, 4) is 0 Å². The highest BCUT2D eigenvalue weighted by molar-refractivity contribution is 7.80.